The minimum atomic E-state index is -3.71. The minimum absolute atomic E-state index is 0. The third-order valence-electron chi connectivity index (χ3n) is 13.9. The molecule has 0 amide bonds. The van der Waals surface area contributed by atoms with Crippen molar-refractivity contribution in [1.82, 2.24) is 39.0 Å². The van der Waals surface area contributed by atoms with Gasteiger partial charge >= 0.3 is 103 Å². The summed E-state index contributed by atoms with van der Waals surface area (Å²) in [7, 11) is -5.31. The Balaban J connectivity index is 0.000000181. The van der Waals surface area contributed by atoms with Crippen molar-refractivity contribution in [3.63, 3.8) is 0 Å². The Hall–Kier alpha value is -7.46. The predicted molar refractivity (Wildman–Crippen MR) is 326 cm³/mol. The largest absolute Gasteiger partial charge is 1.00 e. The number of hydrogen-bond donors (Lipinski definition) is 2. The van der Waals surface area contributed by atoms with Gasteiger partial charge in [0.1, 0.15) is 34.9 Å². The third kappa shape index (κ3) is 14.3. The van der Waals surface area contributed by atoms with Gasteiger partial charge in [0.15, 0.2) is 0 Å². The van der Waals surface area contributed by atoms with Gasteiger partial charge in [-0.1, -0.05) is 103 Å². The molecule has 4 aromatic heterocycles. The monoisotopic (exact) mass is 1260 g/mol. The molecule has 4 heterocycles. The van der Waals surface area contributed by atoms with Gasteiger partial charge in [-0.15, -0.1) is 0 Å². The summed E-state index contributed by atoms with van der Waals surface area (Å²) < 4.78 is 80.1. The number of aromatic amines is 2. The van der Waals surface area contributed by atoms with E-state index in [9.17, 15) is 25.6 Å². The Morgan fingerprint density at radius 3 is 1.27 bits per heavy atom. The molecule has 0 aliphatic rings. The number of nitrogens with zero attached hydrogens (tertiary/aromatic N) is 6. The van der Waals surface area contributed by atoms with Crippen LogP contribution in [0.25, 0.3) is 95.4 Å². The molecule has 10 aromatic carbocycles. The van der Waals surface area contributed by atoms with Crippen molar-refractivity contribution < 1.29 is 145 Å². The smallest absolute Gasteiger partial charge is 1.00 e. The summed E-state index contributed by atoms with van der Waals surface area (Å²) in [5.41, 5.74) is 13.7. The summed E-state index contributed by atoms with van der Waals surface area (Å²) in [6.45, 7) is 1.76. The third-order valence-corrected chi connectivity index (χ3v) is 17.5. The normalized spacial score (nSPS) is 11.1. The Bertz CT molecular complexity index is 4790. The van der Waals surface area contributed by atoms with Crippen LogP contribution in [0.5, 0.6) is 0 Å². The standard InChI is InChI=1S/C34H26N4O2S.C20H14N4.C12H8F2O2S.CH2O3.2K.H/c1-23-14-18-27(19-15-23)41(39,40)28-20-16-26(17-21-28)38-32-13-6-4-11-30(32)36-34(38)25-9-7-8-24(22-25)33-35-29-10-3-5-12-31(29)37(33)2;1-2-9-16-15(8-1)21-19(22-16)13-6-5-7-14(12-13)20-23-17-10-3-4-11-18(17)24-20;13-9-1-5-11(6-2-9)17(15,16)12-7-3-10(14)4-8-12;2-1-4-3;;;/h3-22H,1-2H3;1-12H,(H,21,22)(H,23,24);1-8H;1,3H;;;/q;;;;2*+1;-1/p-1. The number of para-hydroxylation sites is 8. The molecule has 88 heavy (non-hydrogen) atoms. The second-order valence-electron chi connectivity index (χ2n) is 19.5. The van der Waals surface area contributed by atoms with Crippen LogP contribution >= 0.6 is 0 Å². The number of fused-ring (bicyclic) bond motifs is 4. The predicted octanol–water partition coefficient (Wildman–Crippen LogP) is 7.51. The molecule has 0 saturated carbocycles. The number of carbonyl (C=O) groups is 1. The van der Waals surface area contributed by atoms with E-state index in [1.54, 1.807) is 24.3 Å². The molecule has 0 aliphatic carbocycles. The van der Waals surface area contributed by atoms with Crippen LogP contribution < -0.4 is 108 Å². The summed E-state index contributed by atoms with van der Waals surface area (Å²) >= 11 is 0. The zero-order valence-electron chi connectivity index (χ0n) is 48.8. The summed E-state index contributed by atoms with van der Waals surface area (Å²) in [4.78, 5) is 37.7. The number of sulfone groups is 2. The Labute approximate surface area is 591 Å². The average molecular weight is 1260 g/mol. The second kappa shape index (κ2) is 28.8. The second-order valence-corrected chi connectivity index (χ2v) is 23.4. The molecule has 0 unspecified atom stereocenters. The van der Waals surface area contributed by atoms with E-state index in [0.29, 0.717) is 0 Å². The number of nitrogens with one attached hydrogen (secondary N) is 2. The number of H-pyrrole nitrogens is 2. The van der Waals surface area contributed by atoms with Crippen molar-refractivity contribution in [2.24, 2.45) is 7.05 Å². The van der Waals surface area contributed by atoms with Gasteiger partial charge in [-0.25, -0.2) is 45.6 Å². The number of rotatable bonds is 10. The van der Waals surface area contributed by atoms with Crippen LogP contribution in [-0.4, -0.2) is 62.3 Å². The molecule has 0 aliphatic heterocycles. The van der Waals surface area contributed by atoms with Crippen molar-refractivity contribution in [3.05, 3.63) is 260 Å². The SMILES string of the molecule is Cc1ccc(S(=O)(=O)c2ccc(-n3c(-c4cccc(-c5nc6ccccc6n5C)c4)nc4ccccc43)cc2)cc1.O=CO[O-].O=S(=O)(c1ccc(F)cc1)c1ccc(F)cc1.[H-].[K+].[K+].c1cc(-c2nc3ccccc3[nH]2)cc(-c2nc3ccccc3[nH]2)c1. The van der Waals surface area contributed by atoms with E-state index in [1.807, 2.05) is 147 Å². The van der Waals surface area contributed by atoms with E-state index < -0.39 is 31.3 Å². The maximum Gasteiger partial charge on any atom is 1.00 e. The quantitative estimate of drug-likeness (QED) is 0.0450. The average Bonchev–Trinajstić information content (AvgIpc) is 1.72. The van der Waals surface area contributed by atoms with E-state index in [4.69, 9.17) is 20.0 Å². The number of carbonyl (C=O) groups excluding carboxylic acids is 1. The zero-order valence-corrected chi connectivity index (χ0v) is 55.7. The molecular weight excluding hydrogens is 1210 g/mol. The fourth-order valence-electron chi connectivity index (χ4n) is 9.67. The number of imidazole rings is 4. The number of aryl methyl sites for hydroxylation is 2. The number of hydrogen-bond acceptors (Lipinski definition) is 11. The van der Waals surface area contributed by atoms with Gasteiger partial charge in [-0.3, -0.25) is 9.36 Å². The zero-order chi connectivity index (χ0) is 60.0. The van der Waals surface area contributed by atoms with Crippen molar-refractivity contribution in [2.75, 3.05) is 0 Å². The molecule has 0 bridgehead atoms. The maximum atomic E-state index is 13.3. The molecule has 21 heteroatoms. The molecule has 15 nitrogen and oxygen atoms in total. The van der Waals surface area contributed by atoms with E-state index in [1.165, 1.54) is 24.3 Å². The number of halogens is 2. The summed E-state index contributed by atoms with van der Waals surface area (Å²) in [5, 5.41) is 8.43. The molecule has 0 radical (unpaired) electrons. The van der Waals surface area contributed by atoms with Crippen LogP contribution in [0.4, 0.5) is 8.78 Å². The van der Waals surface area contributed by atoms with Gasteiger partial charge < -0.3 is 26.1 Å². The molecule has 14 aromatic rings. The van der Waals surface area contributed by atoms with Crippen LogP contribution in [0.1, 0.15) is 6.99 Å². The molecule has 0 spiro atoms. The van der Waals surface area contributed by atoms with Crippen molar-refractivity contribution in [2.45, 2.75) is 26.5 Å². The van der Waals surface area contributed by atoms with Crippen LogP contribution in [0, 0.1) is 18.6 Å². The molecule has 0 atom stereocenters. The first-order valence-corrected chi connectivity index (χ1v) is 29.6. The first-order chi connectivity index (χ1) is 41.7. The van der Waals surface area contributed by atoms with Gasteiger partial charge in [0.25, 0.3) is 6.47 Å². The maximum absolute atomic E-state index is 13.3. The molecule has 0 saturated heterocycles. The Morgan fingerprint density at radius 2 is 0.818 bits per heavy atom. The van der Waals surface area contributed by atoms with E-state index >= 15 is 0 Å². The van der Waals surface area contributed by atoms with Crippen molar-refractivity contribution >= 4 is 70.3 Å². The van der Waals surface area contributed by atoms with Crippen molar-refractivity contribution in [3.8, 4) is 51.2 Å². The van der Waals surface area contributed by atoms with Gasteiger partial charge in [-0.2, -0.15) is 0 Å². The Kier molecular flexibility index (Phi) is 21.3. The summed E-state index contributed by atoms with van der Waals surface area (Å²) in [6, 6.07) is 71.6. The fourth-order valence-corrected chi connectivity index (χ4v) is 12.2. The van der Waals surface area contributed by atoms with E-state index in [-0.39, 0.29) is 130 Å². The van der Waals surface area contributed by atoms with Crippen LogP contribution in [0.3, 0.4) is 0 Å². The van der Waals surface area contributed by atoms with Gasteiger partial charge in [0.2, 0.25) is 19.7 Å². The van der Waals surface area contributed by atoms with Gasteiger partial charge in [0, 0.05) is 35.0 Å². The molecule has 428 valence electrons. The van der Waals surface area contributed by atoms with Gasteiger partial charge in [-0.05, 0) is 153 Å². The first kappa shape index (κ1) is 65.0. The molecule has 14 rings (SSSR count). The number of benzene rings is 10. The minimum Gasteiger partial charge on any atom is -1.00 e. The molecular formula is C67H50F2K2N8O7S2. The van der Waals surface area contributed by atoms with E-state index in [2.05, 4.69) is 70.4 Å². The summed E-state index contributed by atoms with van der Waals surface area (Å²) in [5.74, 6) is 2.36. The van der Waals surface area contributed by atoms with Crippen LogP contribution in [-0.2, 0) is 36.4 Å². The first-order valence-electron chi connectivity index (χ1n) is 26.6. The Morgan fingerprint density at radius 1 is 0.455 bits per heavy atom. The molecule has 2 N–H and O–H groups in total. The fraction of sp³-hybridized carbons (Fsp3) is 0.0299. The van der Waals surface area contributed by atoms with Crippen LogP contribution in [0.15, 0.2) is 262 Å². The van der Waals surface area contributed by atoms with Crippen LogP contribution in [0.2, 0.25) is 0 Å². The summed E-state index contributed by atoms with van der Waals surface area (Å²) in [6.07, 6.45) is 0. The molecule has 0 fully saturated rings. The van der Waals surface area contributed by atoms with E-state index in [0.717, 1.165) is 125 Å². The topological polar surface area (TPSA) is 211 Å². The van der Waals surface area contributed by atoms with Gasteiger partial charge in [0.05, 0.1) is 63.7 Å². The van der Waals surface area contributed by atoms with Crippen molar-refractivity contribution in [1.29, 1.82) is 0 Å². The number of aromatic nitrogens is 8.